The van der Waals surface area contributed by atoms with Gasteiger partial charge in [-0.05, 0) is 43.3 Å². The van der Waals surface area contributed by atoms with Gasteiger partial charge in [-0.15, -0.1) is 0 Å². The highest BCUT2D eigenvalue weighted by atomic mass is 16.5. The summed E-state index contributed by atoms with van der Waals surface area (Å²) in [6.07, 6.45) is 1.50. The maximum Gasteiger partial charge on any atom is 0.338 e. The molecule has 1 heterocycles. The first-order valence-electron chi connectivity index (χ1n) is 7.54. The number of hydrogen-bond donors (Lipinski definition) is 1. The lowest BCUT2D eigenvalue weighted by atomic mass is 10.2. The maximum atomic E-state index is 11.7. The highest BCUT2D eigenvalue weighted by molar-refractivity contribution is 5.92. The minimum atomic E-state index is -0.330. The number of carbonyl (C=O) groups excluding carboxylic acids is 1. The Morgan fingerprint density at radius 3 is 2.62 bits per heavy atom. The highest BCUT2D eigenvalue weighted by Crippen LogP contribution is 2.26. The van der Waals surface area contributed by atoms with Crippen LogP contribution in [0.2, 0.25) is 0 Å². The average molecular weight is 323 g/mol. The Morgan fingerprint density at radius 1 is 1.12 bits per heavy atom. The molecule has 0 aliphatic heterocycles. The van der Waals surface area contributed by atoms with Crippen molar-refractivity contribution < 1.29 is 14.3 Å². The van der Waals surface area contributed by atoms with E-state index in [0.29, 0.717) is 18.0 Å². The van der Waals surface area contributed by atoms with Crippen molar-refractivity contribution in [1.29, 1.82) is 0 Å². The standard InChI is InChI=1S/C18H17N3O3/c1-3-24-18(22)12-4-6-13(7-5-12)21-17-15-9-8-14(23-2)10-16(15)19-11-20-17/h4-11H,3H2,1-2H3,(H,19,20,21). The van der Waals surface area contributed by atoms with Crippen LogP contribution in [0.15, 0.2) is 48.8 Å². The first kappa shape index (κ1) is 15.7. The molecule has 0 radical (unpaired) electrons. The Balaban J connectivity index is 1.86. The molecule has 0 saturated carbocycles. The second-order valence-electron chi connectivity index (χ2n) is 5.03. The third-order valence-corrected chi connectivity index (χ3v) is 3.50. The molecule has 0 atom stereocenters. The van der Waals surface area contributed by atoms with Gasteiger partial charge in [0.25, 0.3) is 0 Å². The number of rotatable bonds is 5. The van der Waals surface area contributed by atoms with E-state index in [1.165, 1.54) is 6.33 Å². The summed E-state index contributed by atoms with van der Waals surface area (Å²) in [6.45, 7) is 2.14. The minimum Gasteiger partial charge on any atom is -0.497 e. The molecular weight excluding hydrogens is 306 g/mol. The lowest BCUT2D eigenvalue weighted by Gasteiger charge is -2.09. The number of aromatic nitrogens is 2. The number of nitrogens with one attached hydrogen (secondary N) is 1. The van der Waals surface area contributed by atoms with Gasteiger partial charge in [-0.2, -0.15) is 0 Å². The molecule has 0 amide bonds. The molecule has 3 aromatic rings. The number of ether oxygens (including phenoxy) is 2. The van der Waals surface area contributed by atoms with Crippen LogP contribution in [0, 0.1) is 0 Å². The third kappa shape index (κ3) is 3.27. The summed E-state index contributed by atoms with van der Waals surface area (Å²) in [5, 5.41) is 4.12. The van der Waals surface area contributed by atoms with Crippen LogP contribution >= 0.6 is 0 Å². The summed E-state index contributed by atoms with van der Waals surface area (Å²) in [5.41, 5.74) is 2.12. The summed E-state index contributed by atoms with van der Waals surface area (Å²) < 4.78 is 10.2. The van der Waals surface area contributed by atoms with Crippen LogP contribution in [0.4, 0.5) is 11.5 Å². The van der Waals surface area contributed by atoms with E-state index in [1.807, 2.05) is 30.3 Å². The molecule has 122 valence electrons. The molecule has 0 spiro atoms. The zero-order chi connectivity index (χ0) is 16.9. The summed E-state index contributed by atoms with van der Waals surface area (Å²) in [4.78, 5) is 20.2. The van der Waals surface area contributed by atoms with E-state index in [2.05, 4.69) is 15.3 Å². The van der Waals surface area contributed by atoms with Gasteiger partial charge in [0.2, 0.25) is 0 Å². The van der Waals surface area contributed by atoms with Gasteiger partial charge in [0.05, 0.1) is 24.8 Å². The molecule has 1 aromatic heterocycles. The number of nitrogens with zero attached hydrogens (tertiary/aromatic N) is 2. The number of fused-ring (bicyclic) bond motifs is 1. The Bertz CT molecular complexity index is 863. The molecule has 6 nitrogen and oxygen atoms in total. The molecule has 2 aromatic carbocycles. The number of esters is 1. The van der Waals surface area contributed by atoms with Gasteiger partial charge in [-0.3, -0.25) is 0 Å². The van der Waals surface area contributed by atoms with Gasteiger partial charge < -0.3 is 14.8 Å². The molecular formula is C18H17N3O3. The van der Waals surface area contributed by atoms with Crippen molar-refractivity contribution in [3.8, 4) is 5.75 Å². The Hall–Kier alpha value is -3.15. The third-order valence-electron chi connectivity index (χ3n) is 3.50. The van der Waals surface area contributed by atoms with Crippen LogP contribution in [0.25, 0.3) is 10.9 Å². The number of benzene rings is 2. The van der Waals surface area contributed by atoms with Gasteiger partial charge in [0.1, 0.15) is 17.9 Å². The predicted molar refractivity (Wildman–Crippen MR) is 91.8 cm³/mol. The van der Waals surface area contributed by atoms with Gasteiger partial charge in [-0.1, -0.05) is 0 Å². The molecule has 24 heavy (non-hydrogen) atoms. The summed E-state index contributed by atoms with van der Waals surface area (Å²) in [7, 11) is 1.62. The summed E-state index contributed by atoms with van der Waals surface area (Å²) in [6, 6.07) is 12.7. The van der Waals surface area contributed by atoms with Crippen molar-refractivity contribution in [2.45, 2.75) is 6.92 Å². The van der Waals surface area contributed by atoms with Crippen molar-refractivity contribution in [3.05, 3.63) is 54.4 Å². The van der Waals surface area contributed by atoms with Gasteiger partial charge in [0.15, 0.2) is 0 Å². The Kier molecular flexibility index (Phi) is 4.56. The molecule has 0 saturated heterocycles. The SMILES string of the molecule is CCOC(=O)c1ccc(Nc2ncnc3cc(OC)ccc23)cc1. The lowest BCUT2D eigenvalue weighted by Crippen LogP contribution is -2.04. The number of methoxy groups -OCH3 is 1. The molecule has 0 bridgehead atoms. The second-order valence-corrected chi connectivity index (χ2v) is 5.03. The van der Waals surface area contributed by atoms with Crippen molar-refractivity contribution >= 4 is 28.4 Å². The molecule has 0 unspecified atom stereocenters. The molecule has 6 heteroatoms. The second kappa shape index (κ2) is 6.95. The van der Waals surface area contributed by atoms with E-state index in [1.54, 1.807) is 26.2 Å². The Labute approximate surface area is 139 Å². The van der Waals surface area contributed by atoms with Crippen molar-refractivity contribution in [3.63, 3.8) is 0 Å². The van der Waals surface area contributed by atoms with Gasteiger partial charge >= 0.3 is 5.97 Å². The first-order chi connectivity index (χ1) is 11.7. The van der Waals surface area contributed by atoms with Crippen molar-refractivity contribution in [2.24, 2.45) is 0 Å². The van der Waals surface area contributed by atoms with Crippen LogP contribution in [-0.4, -0.2) is 29.7 Å². The highest BCUT2D eigenvalue weighted by Gasteiger charge is 2.08. The molecule has 0 aliphatic rings. The topological polar surface area (TPSA) is 73.3 Å². The summed E-state index contributed by atoms with van der Waals surface area (Å²) in [5.74, 6) is 1.10. The van der Waals surface area contributed by atoms with E-state index in [4.69, 9.17) is 9.47 Å². The average Bonchev–Trinajstić information content (AvgIpc) is 2.62. The fourth-order valence-corrected chi connectivity index (χ4v) is 2.30. The van der Waals surface area contributed by atoms with Crippen LogP contribution < -0.4 is 10.1 Å². The van der Waals surface area contributed by atoms with E-state index < -0.39 is 0 Å². The molecule has 0 aliphatic carbocycles. The minimum absolute atomic E-state index is 0.330. The van der Waals surface area contributed by atoms with E-state index in [0.717, 1.165) is 22.3 Å². The maximum absolute atomic E-state index is 11.7. The molecule has 0 fully saturated rings. The smallest absolute Gasteiger partial charge is 0.338 e. The van der Waals surface area contributed by atoms with Crippen molar-refractivity contribution in [1.82, 2.24) is 9.97 Å². The van der Waals surface area contributed by atoms with Crippen LogP contribution in [-0.2, 0) is 4.74 Å². The van der Waals surface area contributed by atoms with Crippen LogP contribution in [0.5, 0.6) is 5.75 Å². The number of carbonyl (C=O) groups is 1. The zero-order valence-corrected chi connectivity index (χ0v) is 13.4. The quantitative estimate of drug-likeness (QED) is 0.724. The summed E-state index contributed by atoms with van der Waals surface area (Å²) >= 11 is 0. The van der Waals surface area contributed by atoms with Gasteiger partial charge in [-0.25, -0.2) is 14.8 Å². The van der Waals surface area contributed by atoms with E-state index in [-0.39, 0.29) is 5.97 Å². The van der Waals surface area contributed by atoms with E-state index >= 15 is 0 Å². The monoisotopic (exact) mass is 323 g/mol. The van der Waals surface area contributed by atoms with Crippen LogP contribution in [0.3, 0.4) is 0 Å². The zero-order valence-electron chi connectivity index (χ0n) is 13.4. The predicted octanol–water partition coefficient (Wildman–Crippen LogP) is 3.56. The van der Waals surface area contributed by atoms with Crippen LogP contribution in [0.1, 0.15) is 17.3 Å². The Morgan fingerprint density at radius 2 is 1.92 bits per heavy atom. The molecule has 1 N–H and O–H groups in total. The fourth-order valence-electron chi connectivity index (χ4n) is 2.30. The normalized spacial score (nSPS) is 10.4. The largest absolute Gasteiger partial charge is 0.497 e. The van der Waals surface area contributed by atoms with E-state index in [9.17, 15) is 4.79 Å². The molecule has 3 rings (SSSR count). The first-order valence-corrected chi connectivity index (χ1v) is 7.54. The number of anilines is 2. The fraction of sp³-hybridized carbons (Fsp3) is 0.167. The van der Waals surface area contributed by atoms with Gasteiger partial charge in [0, 0.05) is 17.1 Å². The van der Waals surface area contributed by atoms with Crippen molar-refractivity contribution in [2.75, 3.05) is 19.0 Å². The lowest BCUT2D eigenvalue weighted by molar-refractivity contribution is 0.0526. The number of hydrogen-bond acceptors (Lipinski definition) is 6.